The highest BCUT2D eigenvalue weighted by Crippen LogP contribution is 2.27. The molecule has 0 aliphatic carbocycles. The van der Waals surface area contributed by atoms with Crippen molar-refractivity contribution in [2.45, 2.75) is 12.0 Å². The van der Waals surface area contributed by atoms with E-state index in [2.05, 4.69) is 0 Å². The summed E-state index contributed by atoms with van der Waals surface area (Å²) in [6.45, 7) is 0. The lowest BCUT2D eigenvalue weighted by molar-refractivity contribution is -0.540. The van der Waals surface area contributed by atoms with Gasteiger partial charge in [0.2, 0.25) is 0 Å². The summed E-state index contributed by atoms with van der Waals surface area (Å²) in [5.74, 6) is -3.38. The van der Waals surface area contributed by atoms with E-state index in [1.807, 2.05) is 0 Å². The van der Waals surface area contributed by atoms with Crippen LogP contribution in [0.4, 0.5) is 0 Å². The first kappa shape index (κ1) is 17.2. The first-order valence-corrected chi connectivity index (χ1v) is 7.55. The smallest absolute Gasteiger partial charge is 0.414 e. The number of fused-ring (bicyclic) bond motifs is 1. The molecule has 3 rings (SSSR count). The molecule has 0 bridgehead atoms. The van der Waals surface area contributed by atoms with Gasteiger partial charge in [0.15, 0.2) is 0 Å². The van der Waals surface area contributed by atoms with E-state index in [1.165, 1.54) is 24.5 Å². The molecule has 0 radical (unpaired) electrons. The van der Waals surface area contributed by atoms with E-state index in [4.69, 9.17) is 9.15 Å². The first-order chi connectivity index (χ1) is 12.4. The highest BCUT2D eigenvalue weighted by molar-refractivity contribution is 6.04. The van der Waals surface area contributed by atoms with Gasteiger partial charge in [0.1, 0.15) is 11.3 Å². The number of benzene rings is 2. The van der Waals surface area contributed by atoms with E-state index in [1.54, 1.807) is 36.4 Å². The van der Waals surface area contributed by atoms with Gasteiger partial charge in [-0.1, -0.05) is 36.4 Å². The zero-order valence-electron chi connectivity index (χ0n) is 13.3. The van der Waals surface area contributed by atoms with Gasteiger partial charge in [-0.25, -0.2) is 9.59 Å². The summed E-state index contributed by atoms with van der Waals surface area (Å²) in [6.07, 6.45) is 0.664. The number of carbonyl (C=O) groups excluding carboxylic acids is 1. The lowest BCUT2D eigenvalue weighted by Crippen LogP contribution is -2.57. The van der Waals surface area contributed by atoms with Crippen molar-refractivity contribution in [2.24, 2.45) is 0 Å². The van der Waals surface area contributed by atoms with Gasteiger partial charge in [-0.3, -0.25) is 10.1 Å². The molecule has 3 aromatic rings. The zero-order chi connectivity index (χ0) is 18.7. The zero-order valence-corrected chi connectivity index (χ0v) is 13.3. The predicted octanol–water partition coefficient (Wildman–Crippen LogP) is 2.68. The van der Waals surface area contributed by atoms with Crippen molar-refractivity contribution >= 4 is 22.9 Å². The van der Waals surface area contributed by atoms with Crippen molar-refractivity contribution in [3.8, 4) is 5.75 Å². The number of nitrogens with zero attached hydrogens (tertiary/aromatic N) is 1. The van der Waals surface area contributed by atoms with Crippen LogP contribution in [0.1, 0.15) is 5.56 Å². The van der Waals surface area contributed by atoms with E-state index in [9.17, 15) is 24.8 Å². The number of esters is 1. The second-order valence-electron chi connectivity index (χ2n) is 5.56. The SMILES string of the molecule is O=C(O)C(Cc1cccc2ccoc12)(C(=O)Oc1ccccc1)[N+](=O)[O-]. The Bertz CT molecular complexity index is 963. The van der Waals surface area contributed by atoms with Crippen molar-refractivity contribution in [1.29, 1.82) is 0 Å². The molecule has 0 aliphatic rings. The van der Waals surface area contributed by atoms with E-state index in [-0.39, 0.29) is 16.9 Å². The number of furan rings is 1. The van der Waals surface area contributed by atoms with Crippen LogP contribution in [-0.4, -0.2) is 27.5 Å². The minimum atomic E-state index is -3.00. The fraction of sp³-hybridized carbons (Fsp3) is 0.111. The van der Waals surface area contributed by atoms with Gasteiger partial charge >= 0.3 is 17.5 Å². The quantitative estimate of drug-likeness (QED) is 0.237. The van der Waals surface area contributed by atoms with Crippen molar-refractivity contribution < 1.29 is 28.8 Å². The molecular weight excluding hydrogens is 342 g/mol. The van der Waals surface area contributed by atoms with Crippen LogP contribution < -0.4 is 4.74 Å². The Kier molecular flexibility index (Phi) is 4.40. The fourth-order valence-corrected chi connectivity index (χ4v) is 2.60. The van der Waals surface area contributed by atoms with Crippen LogP contribution in [0.3, 0.4) is 0 Å². The molecule has 0 saturated heterocycles. The van der Waals surface area contributed by atoms with Gasteiger partial charge in [-0.2, -0.15) is 0 Å². The third-order valence-corrected chi connectivity index (χ3v) is 3.96. The Morgan fingerprint density at radius 2 is 1.85 bits per heavy atom. The number of nitro groups is 1. The summed E-state index contributed by atoms with van der Waals surface area (Å²) in [5.41, 5.74) is -2.50. The van der Waals surface area contributed by atoms with Crippen LogP contribution in [0.5, 0.6) is 5.75 Å². The van der Waals surface area contributed by atoms with Crippen LogP contribution >= 0.6 is 0 Å². The monoisotopic (exact) mass is 355 g/mol. The Hall–Kier alpha value is -3.68. The van der Waals surface area contributed by atoms with Crippen molar-refractivity contribution in [1.82, 2.24) is 0 Å². The molecule has 1 N–H and O–H groups in total. The Morgan fingerprint density at radius 3 is 2.50 bits per heavy atom. The lowest BCUT2D eigenvalue weighted by Gasteiger charge is -2.19. The number of hydrogen-bond acceptors (Lipinski definition) is 6. The molecule has 132 valence electrons. The van der Waals surface area contributed by atoms with Gasteiger partial charge in [-0.05, 0) is 18.2 Å². The number of para-hydroxylation sites is 2. The fourth-order valence-electron chi connectivity index (χ4n) is 2.60. The lowest BCUT2D eigenvalue weighted by atomic mass is 9.90. The second-order valence-corrected chi connectivity index (χ2v) is 5.56. The Balaban J connectivity index is 2.04. The van der Waals surface area contributed by atoms with Crippen LogP contribution in [0.25, 0.3) is 11.0 Å². The standard InChI is InChI=1S/C18H13NO7/c20-16(21)18(19(23)24,17(22)26-14-7-2-1-3-8-14)11-13-6-4-5-12-9-10-25-15(12)13/h1-10H,11H2,(H,20,21). The largest absolute Gasteiger partial charge is 0.475 e. The molecule has 1 atom stereocenters. The predicted molar refractivity (Wildman–Crippen MR) is 89.4 cm³/mol. The number of carboxylic acids is 1. The van der Waals surface area contributed by atoms with Gasteiger partial charge in [0.05, 0.1) is 17.6 Å². The van der Waals surface area contributed by atoms with Gasteiger partial charge in [-0.15, -0.1) is 0 Å². The molecule has 0 fully saturated rings. The molecule has 2 aromatic carbocycles. The molecule has 1 heterocycles. The molecule has 1 unspecified atom stereocenters. The van der Waals surface area contributed by atoms with E-state index in [0.717, 1.165) is 0 Å². The molecule has 0 aliphatic heterocycles. The van der Waals surface area contributed by atoms with Gasteiger partial charge < -0.3 is 14.3 Å². The molecule has 0 saturated carbocycles. The maximum atomic E-state index is 12.5. The van der Waals surface area contributed by atoms with Crippen LogP contribution in [0, 0.1) is 10.1 Å². The number of hydrogen-bond donors (Lipinski definition) is 1. The summed E-state index contributed by atoms with van der Waals surface area (Å²) in [6, 6.07) is 14.0. The molecule has 1 aromatic heterocycles. The molecule has 0 spiro atoms. The van der Waals surface area contributed by atoms with Crippen molar-refractivity contribution in [2.75, 3.05) is 0 Å². The average Bonchev–Trinajstić information content (AvgIpc) is 3.09. The molecule has 26 heavy (non-hydrogen) atoms. The van der Waals surface area contributed by atoms with Crippen LogP contribution in [0.2, 0.25) is 0 Å². The highest BCUT2D eigenvalue weighted by Gasteiger charge is 2.61. The summed E-state index contributed by atoms with van der Waals surface area (Å²) in [7, 11) is 0. The van der Waals surface area contributed by atoms with Crippen molar-refractivity contribution in [3.05, 3.63) is 76.5 Å². The Labute approximate surface area is 146 Å². The Morgan fingerprint density at radius 1 is 1.12 bits per heavy atom. The average molecular weight is 355 g/mol. The van der Waals surface area contributed by atoms with Crippen molar-refractivity contribution in [3.63, 3.8) is 0 Å². The molecule has 8 heteroatoms. The summed E-state index contributed by atoms with van der Waals surface area (Å²) < 4.78 is 10.3. The van der Waals surface area contributed by atoms with Gasteiger partial charge in [0.25, 0.3) is 0 Å². The third-order valence-electron chi connectivity index (χ3n) is 3.96. The van der Waals surface area contributed by atoms with E-state index < -0.39 is 28.8 Å². The molecule has 0 amide bonds. The maximum Gasteiger partial charge on any atom is 0.414 e. The summed E-state index contributed by atoms with van der Waals surface area (Å²) in [4.78, 5) is 34.9. The van der Waals surface area contributed by atoms with E-state index in [0.29, 0.717) is 5.39 Å². The number of aliphatic carboxylic acids is 1. The van der Waals surface area contributed by atoms with E-state index >= 15 is 0 Å². The number of rotatable bonds is 6. The van der Waals surface area contributed by atoms with Crippen LogP contribution in [0.15, 0.2) is 65.3 Å². The number of carboxylic acid groups (broad SMARTS) is 1. The van der Waals surface area contributed by atoms with Crippen LogP contribution in [-0.2, 0) is 16.0 Å². The first-order valence-electron chi connectivity index (χ1n) is 7.55. The molecular formula is C18H13NO7. The topological polar surface area (TPSA) is 120 Å². The second kappa shape index (κ2) is 6.67. The number of ether oxygens (including phenoxy) is 1. The minimum Gasteiger partial charge on any atom is -0.475 e. The maximum absolute atomic E-state index is 12.5. The summed E-state index contributed by atoms with van der Waals surface area (Å²) in [5, 5.41) is 21.9. The summed E-state index contributed by atoms with van der Waals surface area (Å²) >= 11 is 0. The normalized spacial score (nSPS) is 13.1. The molecule has 8 nitrogen and oxygen atoms in total. The minimum absolute atomic E-state index is 0.0150. The van der Waals surface area contributed by atoms with Gasteiger partial charge in [0, 0.05) is 10.9 Å². The highest BCUT2D eigenvalue weighted by atomic mass is 16.6. The number of carbonyl (C=O) groups is 2. The third kappa shape index (κ3) is 2.88.